The lowest BCUT2D eigenvalue weighted by molar-refractivity contribution is -0.116. The highest BCUT2D eigenvalue weighted by molar-refractivity contribution is 6.32. The third-order valence-electron chi connectivity index (χ3n) is 4.59. The van der Waals surface area contributed by atoms with Crippen molar-refractivity contribution in [3.63, 3.8) is 0 Å². The number of halogens is 1. The second kappa shape index (κ2) is 9.00. The number of nitrogens with zero attached hydrogens (tertiary/aromatic N) is 3. The highest BCUT2D eigenvalue weighted by Crippen LogP contribution is 2.27. The maximum atomic E-state index is 12.2. The van der Waals surface area contributed by atoms with Crippen molar-refractivity contribution in [3.05, 3.63) is 35.4 Å². The molecule has 0 spiro atoms. The number of amides is 1. The molecule has 1 aromatic carbocycles. The number of nitrogens with one attached hydrogen (secondary N) is 1. The van der Waals surface area contributed by atoms with E-state index in [1.807, 2.05) is 0 Å². The third-order valence-corrected chi connectivity index (χ3v) is 4.89. The average Bonchev–Trinajstić information content (AvgIpc) is 3.13. The summed E-state index contributed by atoms with van der Waals surface area (Å²) in [5.74, 6) is 1.80. The maximum absolute atomic E-state index is 12.2. The van der Waals surface area contributed by atoms with Gasteiger partial charge in [0.2, 0.25) is 12.3 Å². The fraction of sp³-hybridized carbons (Fsp3) is 0.500. The van der Waals surface area contributed by atoms with Crippen molar-refractivity contribution >= 4 is 23.2 Å². The van der Waals surface area contributed by atoms with E-state index in [0.29, 0.717) is 41.2 Å². The summed E-state index contributed by atoms with van der Waals surface area (Å²) < 4.78 is 9.90. The molecule has 1 fully saturated rings. The standard InChI is InChI=1S/C18H23ClN4O3/c1-25-16-6-5-14(9-15(16)19)21-18(24)7-4-13-3-2-8-23(10-13)11-17-20-12-26-22-17/h5-6,9,12-13H,2-4,7-8,10-11H2,1H3,(H,21,24)/t13-/m0/s1. The number of likely N-dealkylation sites (tertiary alicyclic amines) is 1. The van der Waals surface area contributed by atoms with E-state index >= 15 is 0 Å². The smallest absolute Gasteiger partial charge is 0.224 e. The van der Waals surface area contributed by atoms with Crippen LogP contribution in [0.1, 0.15) is 31.5 Å². The molecule has 1 saturated heterocycles. The Balaban J connectivity index is 1.44. The van der Waals surface area contributed by atoms with Gasteiger partial charge in [0.05, 0.1) is 18.7 Å². The zero-order valence-corrected chi connectivity index (χ0v) is 15.5. The molecule has 0 aliphatic carbocycles. The first-order chi connectivity index (χ1) is 12.6. The molecule has 8 heteroatoms. The Morgan fingerprint density at radius 2 is 2.38 bits per heavy atom. The molecule has 1 aliphatic heterocycles. The van der Waals surface area contributed by atoms with Gasteiger partial charge in [-0.15, -0.1) is 0 Å². The van der Waals surface area contributed by atoms with Crippen LogP contribution in [0.4, 0.5) is 5.69 Å². The molecular formula is C18H23ClN4O3. The van der Waals surface area contributed by atoms with E-state index in [1.165, 1.54) is 6.39 Å². The summed E-state index contributed by atoms with van der Waals surface area (Å²) in [6.45, 7) is 2.68. The summed E-state index contributed by atoms with van der Waals surface area (Å²) in [6.07, 6.45) is 4.97. The van der Waals surface area contributed by atoms with Crippen LogP contribution in [0.15, 0.2) is 29.1 Å². The van der Waals surface area contributed by atoms with Gasteiger partial charge in [-0.05, 0) is 49.9 Å². The molecule has 1 atom stereocenters. The molecule has 2 heterocycles. The van der Waals surface area contributed by atoms with E-state index in [9.17, 15) is 4.79 Å². The molecule has 1 amide bonds. The van der Waals surface area contributed by atoms with Gasteiger partial charge in [0, 0.05) is 18.7 Å². The van der Waals surface area contributed by atoms with Crippen LogP contribution in [0.5, 0.6) is 5.75 Å². The first kappa shape index (κ1) is 18.7. The van der Waals surface area contributed by atoms with Crippen LogP contribution < -0.4 is 10.1 Å². The first-order valence-corrected chi connectivity index (χ1v) is 9.13. The van der Waals surface area contributed by atoms with E-state index in [1.54, 1.807) is 25.3 Å². The summed E-state index contributed by atoms with van der Waals surface area (Å²) in [6, 6.07) is 5.23. The highest BCUT2D eigenvalue weighted by atomic mass is 35.5. The monoisotopic (exact) mass is 378 g/mol. The lowest BCUT2D eigenvalue weighted by Gasteiger charge is -2.31. The van der Waals surface area contributed by atoms with Gasteiger partial charge in [-0.25, -0.2) is 0 Å². The molecule has 1 N–H and O–H groups in total. The van der Waals surface area contributed by atoms with Crippen molar-refractivity contribution in [2.45, 2.75) is 32.2 Å². The molecular weight excluding hydrogens is 356 g/mol. The second-order valence-corrected chi connectivity index (χ2v) is 6.93. The largest absolute Gasteiger partial charge is 0.495 e. The molecule has 0 saturated carbocycles. The van der Waals surface area contributed by atoms with Crippen molar-refractivity contribution in [1.29, 1.82) is 0 Å². The number of methoxy groups -OCH3 is 1. The second-order valence-electron chi connectivity index (χ2n) is 6.53. The normalized spacial score (nSPS) is 17.8. The molecule has 1 aliphatic rings. The minimum atomic E-state index is 0.00141. The lowest BCUT2D eigenvalue weighted by atomic mass is 9.93. The number of aromatic nitrogens is 2. The first-order valence-electron chi connectivity index (χ1n) is 8.75. The summed E-state index contributed by atoms with van der Waals surface area (Å²) in [5.41, 5.74) is 0.683. The Morgan fingerprint density at radius 3 is 3.12 bits per heavy atom. The maximum Gasteiger partial charge on any atom is 0.224 e. The van der Waals surface area contributed by atoms with E-state index < -0.39 is 0 Å². The van der Waals surface area contributed by atoms with Crippen molar-refractivity contribution in [1.82, 2.24) is 15.0 Å². The Kier molecular flexibility index (Phi) is 6.46. The Labute approximate surface area is 157 Å². The number of carbonyl (C=O) groups excluding carboxylic acids is 1. The van der Waals surface area contributed by atoms with Gasteiger partial charge < -0.3 is 14.6 Å². The Morgan fingerprint density at radius 1 is 1.50 bits per heavy atom. The van der Waals surface area contributed by atoms with Crippen LogP contribution >= 0.6 is 11.6 Å². The van der Waals surface area contributed by atoms with Crippen LogP contribution in [-0.2, 0) is 11.3 Å². The average molecular weight is 379 g/mol. The Hall–Kier alpha value is -2.12. The number of piperidine rings is 1. The van der Waals surface area contributed by atoms with Gasteiger partial charge >= 0.3 is 0 Å². The van der Waals surface area contributed by atoms with Crippen molar-refractivity contribution in [2.75, 3.05) is 25.5 Å². The van der Waals surface area contributed by atoms with Crippen LogP contribution in [-0.4, -0.2) is 41.1 Å². The van der Waals surface area contributed by atoms with Crippen molar-refractivity contribution in [3.8, 4) is 5.75 Å². The molecule has 3 rings (SSSR count). The molecule has 26 heavy (non-hydrogen) atoms. The van der Waals surface area contributed by atoms with Crippen LogP contribution in [0, 0.1) is 5.92 Å². The van der Waals surface area contributed by atoms with Crippen LogP contribution in [0.2, 0.25) is 5.02 Å². The lowest BCUT2D eigenvalue weighted by Crippen LogP contribution is -2.35. The zero-order valence-electron chi connectivity index (χ0n) is 14.8. The Bertz CT molecular complexity index is 723. The molecule has 0 radical (unpaired) electrons. The number of benzene rings is 1. The van der Waals surface area contributed by atoms with Crippen molar-refractivity contribution in [2.24, 2.45) is 5.92 Å². The fourth-order valence-corrected chi connectivity index (χ4v) is 3.55. The molecule has 1 aromatic heterocycles. The summed E-state index contributed by atoms with van der Waals surface area (Å²) >= 11 is 6.09. The predicted molar refractivity (Wildman–Crippen MR) is 98.2 cm³/mol. The number of carbonyl (C=O) groups is 1. The van der Waals surface area contributed by atoms with Gasteiger partial charge in [-0.3, -0.25) is 9.69 Å². The molecule has 0 bridgehead atoms. The summed E-state index contributed by atoms with van der Waals surface area (Å²) in [5, 5.41) is 7.24. The number of hydrogen-bond acceptors (Lipinski definition) is 6. The number of anilines is 1. The van der Waals surface area contributed by atoms with E-state index in [2.05, 4.69) is 20.4 Å². The number of hydrogen-bond donors (Lipinski definition) is 1. The van der Waals surface area contributed by atoms with Gasteiger partial charge in [0.1, 0.15) is 5.75 Å². The molecule has 0 unspecified atom stereocenters. The fourth-order valence-electron chi connectivity index (χ4n) is 3.30. The summed E-state index contributed by atoms with van der Waals surface area (Å²) in [7, 11) is 1.56. The zero-order chi connectivity index (χ0) is 18.4. The minimum absolute atomic E-state index is 0.00141. The van der Waals surface area contributed by atoms with Gasteiger partial charge in [0.25, 0.3) is 0 Å². The van der Waals surface area contributed by atoms with Crippen molar-refractivity contribution < 1.29 is 14.1 Å². The number of rotatable bonds is 7. The van der Waals surface area contributed by atoms with E-state index in [4.69, 9.17) is 20.9 Å². The van der Waals surface area contributed by atoms with E-state index in [0.717, 1.165) is 32.4 Å². The van der Waals surface area contributed by atoms with Crippen LogP contribution in [0.3, 0.4) is 0 Å². The quantitative estimate of drug-likeness (QED) is 0.795. The third kappa shape index (κ3) is 5.19. The number of ether oxygens (including phenoxy) is 1. The van der Waals surface area contributed by atoms with E-state index in [-0.39, 0.29) is 5.91 Å². The molecule has 7 nitrogen and oxygen atoms in total. The predicted octanol–water partition coefficient (Wildman–Crippen LogP) is 3.36. The highest BCUT2D eigenvalue weighted by Gasteiger charge is 2.21. The van der Waals surface area contributed by atoms with Gasteiger partial charge in [-0.2, -0.15) is 4.98 Å². The van der Waals surface area contributed by atoms with Crippen LogP contribution in [0.25, 0.3) is 0 Å². The van der Waals surface area contributed by atoms with Gasteiger partial charge in [0.15, 0.2) is 5.82 Å². The SMILES string of the molecule is COc1ccc(NC(=O)CC[C@@H]2CCCN(Cc3ncon3)C2)cc1Cl. The molecule has 140 valence electrons. The molecule has 2 aromatic rings. The summed E-state index contributed by atoms with van der Waals surface area (Å²) in [4.78, 5) is 18.6. The van der Waals surface area contributed by atoms with Gasteiger partial charge in [-0.1, -0.05) is 16.8 Å². The topological polar surface area (TPSA) is 80.5 Å². The minimum Gasteiger partial charge on any atom is -0.495 e.